The molecule has 3 heterocycles. The van der Waals surface area contributed by atoms with Crippen LogP contribution in [0.25, 0.3) is 16.3 Å². The smallest absolute Gasteiger partial charge is 0.348 e. The van der Waals surface area contributed by atoms with E-state index in [1.807, 2.05) is 26.1 Å². The Kier molecular flexibility index (Phi) is 3.96. The number of carbonyl (C=O) groups excluding carboxylic acids is 2. The molecule has 0 atom stereocenters. The highest BCUT2D eigenvalue weighted by Crippen LogP contribution is 2.32. The van der Waals surface area contributed by atoms with Crippen molar-refractivity contribution in [2.24, 2.45) is 7.05 Å². The maximum atomic E-state index is 12.7. The van der Waals surface area contributed by atoms with Gasteiger partial charge in [-0.2, -0.15) is 5.10 Å². The van der Waals surface area contributed by atoms with Crippen molar-refractivity contribution in [3.8, 4) is 0 Å². The van der Waals surface area contributed by atoms with Crippen LogP contribution in [0.5, 0.6) is 0 Å². The fraction of sp³-hybridized carbons (Fsp3) is 0.263. The van der Waals surface area contributed by atoms with Gasteiger partial charge in [-0.3, -0.25) is 9.48 Å². The summed E-state index contributed by atoms with van der Waals surface area (Å²) in [6.07, 6.45) is 6.73. The molecule has 3 aromatic heterocycles. The van der Waals surface area contributed by atoms with E-state index in [4.69, 9.17) is 4.74 Å². The third-order valence-electron chi connectivity index (χ3n) is 4.76. The largest absolute Gasteiger partial charge is 0.465 e. The van der Waals surface area contributed by atoms with Gasteiger partial charge in [0.15, 0.2) is 5.78 Å². The Hall–Kier alpha value is -2.80. The van der Waals surface area contributed by atoms with Crippen LogP contribution in [0, 0.1) is 6.92 Å². The van der Waals surface area contributed by atoms with E-state index in [1.54, 1.807) is 17.1 Å². The van der Waals surface area contributed by atoms with Gasteiger partial charge in [0.1, 0.15) is 9.71 Å². The Morgan fingerprint density at radius 2 is 2.15 bits per heavy atom. The van der Waals surface area contributed by atoms with Crippen LogP contribution < -0.4 is 0 Å². The van der Waals surface area contributed by atoms with Crippen molar-refractivity contribution in [1.29, 1.82) is 0 Å². The lowest BCUT2D eigenvalue weighted by molar-refractivity contribution is 0.0605. The Labute approximate surface area is 154 Å². The molecule has 3 aromatic rings. The number of rotatable bonds is 2. The van der Waals surface area contributed by atoms with Gasteiger partial charge in [0.2, 0.25) is 0 Å². The normalized spacial score (nSPS) is 15.5. The number of Topliss-reactive ketones (excluding diaryl/α,β-unsaturated/α-hetero) is 1. The number of esters is 1. The number of hydrogen-bond donors (Lipinski definition) is 0. The zero-order chi connectivity index (χ0) is 18.4. The van der Waals surface area contributed by atoms with Gasteiger partial charge in [0, 0.05) is 29.9 Å². The molecule has 0 aliphatic heterocycles. The van der Waals surface area contributed by atoms with Crippen LogP contribution in [-0.2, 0) is 18.2 Å². The Morgan fingerprint density at radius 3 is 2.92 bits per heavy atom. The molecule has 0 bridgehead atoms. The number of aryl methyl sites for hydroxylation is 2. The van der Waals surface area contributed by atoms with Crippen molar-refractivity contribution >= 4 is 39.4 Å². The number of hydrogen-bond acceptors (Lipinski definition) is 6. The Morgan fingerprint density at radius 1 is 1.35 bits per heavy atom. The number of fused-ring (bicyclic) bond motifs is 2. The van der Waals surface area contributed by atoms with Gasteiger partial charge in [-0.25, -0.2) is 9.78 Å². The minimum absolute atomic E-state index is 0.0248. The number of allylic oxidation sites excluding steroid dienone is 1. The van der Waals surface area contributed by atoms with E-state index in [2.05, 4.69) is 10.1 Å². The second kappa shape index (κ2) is 6.17. The van der Waals surface area contributed by atoms with E-state index >= 15 is 0 Å². The van der Waals surface area contributed by atoms with E-state index in [0.29, 0.717) is 16.9 Å². The number of carbonyl (C=O) groups is 2. The number of aromatic nitrogens is 3. The fourth-order valence-electron chi connectivity index (χ4n) is 3.31. The molecule has 1 aliphatic rings. The van der Waals surface area contributed by atoms with Crippen molar-refractivity contribution in [2.75, 3.05) is 7.11 Å². The summed E-state index contributed by atoms with van der Waals surface area (Å²) in [6.45, 7) is 1.89. The monoisotopic (exact) mass is 367 g/mol. The predicted octanol–water partition coefficient (Wildman–Crippen LogP) is 3.34. The minimum Gasteiger partial charge on any atom is -0.465 e. The first-order chi connectivity index (χ1) is 12.5. The van der Waals surface area contributed by atoms with Gasteiger partial charge in [0.25, 0.3) is 0 Å². The van der Waals surface area contributed by atoms with Gasteiger partial charge in [-0.1, -0.05) is 0 Å². The highest BCUT2D eigenvalue weighted by molar-refractivity contribution is 7.20. The number of ether oxygens (including phenoxy) is 1. The topological polar surface area (TPSA) is 74.1 Å². The molecule has 0 radical (unpaired) electrons. The third kappa shape index (κ3) is 2.55. The van der Waals surface area contributed by atoms with Gasteiger partial charge in [0.05, 0.1) is 18.9 Å². The first-order valence-corrected chi connectivity index (χ1v) is 9.05. The van der Waals surface area contributed by atoms with E-state index < -0.39 is 0 Å². The Bertz CT molecular complexity index is 1090. The third-order valence-corrected chi connectivity index (χ3v) is 5.95. The molecule has 0 unspecified atom stereocenters. The maximum Gasteiger partial charge on any atom is 0.348 e. The molecule has 132 valence electrons. The van der Waals surface area contributed by atoms with Crippen LogP contribution >= 0.6 is 11.3 Å². The van der Waals surface area contributed by atoms with Crippen molar-refractivity contribution in [3.63, 3.8) is 0 Å². The van der Waals surface area contributed by atoms with Crippen molar-refractivity contribution in [3.05, 3.63) is 51.3 Å². The summed E-state index contributed by atoms with van der Waals surface area (Å²) < 4.78 is 6.59. The summed E-state index contributed by atoms with van der Waals surface area (Å²) in [6, 6.07) is 1.97. The van der Waals surface area contributed by atoms with E-state index in [0.717, 1.165) is 39.0 Å². The molecule has 0 amide bonds. The second-order valence-corrected chi connectivity index (χ2v) is 7.30. The highest BCUT2D eigenvalue weighted by atomic mass is 32.1. The number of pyridine rings is 1. The lowest BCUT2D eigenvalue weighted by atomic mass is 9.90. The molecule has 4 rings (SSSR count). The number of nitrogens with zero attached hydrogens (tertiary/aromatic N) is 3. The van der Waals surface area contributed by atoms with Crippen molar-refractivity contribution in [2.45, 2.75) is 19.8 Å². The minimum atomic E-state index is -0.350. The van der Waals surface area contributed by atoms with Crippen LogP contribution in [0.2, 0.25) is 0 Å². The SMILES string of the molecule is COC(=O)c1sc2ncc(C=C3CCc4c(cnn4C)C3=O)cc2c1C. The number of ketones is 1. The first kappa shape index (κ1) is 16.7. The molecule has 1 aliphatic carbocycles. The average Bonchev–Trinajstić information content (AvgIpc) is 3.18. The van der Waals surface area contributed by atoms with Gasteiger partial charge < -0.3 is 4.74 Å². The number of methoxy groups -OCH3 is 1. The molecule has 0 spiro atoms. The quantitative estimate of drug-likeness (QED) is 0.513. The summed E-state index contributed by atoms with van der Waals surface area (Å²) in [5.41, 5.74) is 4.13. The molecule has 7 heteroatoms. The van der Waals surface area contributed by atoms with Gasteiger partial charge >= 0.3 is 5.97 Å². The van der Waals surface area contributed by atoms with Crippen LogP contribution in [-0.4, -0.2) is 33.6 Å². The lowest BCUT2D eigenvalue weighted by Gasteiger charge is -2.14. The van der Waals surface area contributed by atoms with Gasteiger partial charge in [-0.15, -0.1) is 11.3 Å². The van der Waals surface area contributed by atoms with E-state index in [-0.39, 0.29) is 11.8 Å². The summed E-state index contributed by atoms with van der Waals surface area (Å²) in [5.74, 6) is -0.325. The molecule has 0 saturated carbocycles. The maximum absolute atomic E-state index is 12.7. The zero-order valence-electron chi connectivity index (χ0n) is 14.7. The van der Waals surface area contributed by atoms with Crippen molar-refractivity contribution in [1.82, 2.24) is 14.8 Å². The lowest BCUT2D eigenvalue weighted by Crippen LogP contribution is -2.14. The second-order valence-electron chi connectivity index (χ2n) is 6.30. The fourth-order valence-corrected chi connectivity index (χ4v) is 4.36. The van der Waals surface area contributed by atoms with Crippen molar-refractivity contribution < 1.29 is 14.3 Å². The molecule has 26 heavy (non-hydrogen) atoms. The highest BCUT2D eigenvalue weighted by Gasteiger charge is 2.25. The molecular formula is C19H17N3O3S. The van der Waals surface area contributed by atoms with Gasteiger partial charge in [-0.05, 0) is 43.0 Å². The number of thiophene rings is 1. The Balaban J connectivity index is 1.74. The summed E-state index contributed by atoms with van der Waals surface area (Å²) in [5, 5.41) is 5.10. The first-order valence-electron chi connectivity index (χ1n) is 8.23. The van der Waals surface area contributed by atoms with E-state index in [9.17, 15) is 9.59 Å². The molecule has 6 nitrogen and oxygen atoms in total. The average molecular weight is 367 g/mol. The molecule has 0 saturated heterocycles. The molecular weight excluding hydrogens is 350 g/mol. The molecule has 0 fully saturated rings. The summed E-state index contributed by atoms with van der Waals surface area (Å²) in [7, 11) is 3.23. The van der Waals surface area contributed by atoms with Crippen LogP contribution in [0.15, 0.2) is 24.0 Å². The van der Waals surface area contributed by atoms with Crippen LogP contribution in [0.3, 0.4) is 0 Å². The standard InChI is InChI=1S/C19H17N3O3S/c1-10-13-7-11(8-20-18(13)26-17(10)19(24)25-3)6-12-4-5-15-14(16(12)23)9-21-22(15)2/h6-9H,4-5H2,1-3H3. The van der Waals surface area contributed by atoms with Crippen LogP contribution in [0.4, 0.5) is 0 Å². The molecule has 0 aromatic carbocycles. The summed E-state index contributed by atoms with van der Waals surface area (Å²) >= 11 is 1.32. The predicted molar refractivity (Wildman–Crippen MR) is 99.5 cm³/mol. The zero-order valence-corrected chi connectivity index (χ0v) is 15.5. The van der Waals surface area contributed by atoms with E-state index in [1.165, 1.54) is 18.4 Å². The molecule has 0 N–H and O–H groups in total. The van der Waals surface area contributed by atoms with Crippen LogP contribution in [0.1, 0.15) is 43.3 Å². The summed E-state index contributed by atoms with van der Waals surface area (Å²) in [4.78, 5) is 30.4.